The van der Waals surface area contributed by atoms with Gasteiger partial charge in [-0.25, -0.2) is 22.6 Å². The number of alkyl carbamates (subject to hydrolysis) is 1. The molecule has 3 aliphatic carbocycles. The molecule has 5 fully saturated rings. The number of ether oxygens (including phenoxy) is 3. The molecule has 17 heteroatoms. The number of hydrogen-bond acceptors (Lipinski definition) is 11. The van der Waals surface area contributed by atoms with E-state index >= 15 is 9.18 Å². The summed E-state index contributed by atoms with van der Waals surface area (Å²) in [7, 11) is -2.19. The van der Waals surface area contributed by atoms with Crippen molar-refractivity contribution in [3.05, 3.63) is 42.5 Å². The lowest BCUT2D eigenvalue weighted by Gasteiger charge is -2.37. The number of hydrogen-bond donors (Lipinski definition) is 3. The van der Waals surface area contributed by atoms with Crippen molar-refractivity contribution in [2.45, 2.75) is 164 Å². The van der Waals surface area contributed by atoms with Crippen molar-refractivity contribution in [1.82, 2.24) is 30.1 Å². The Morgan fingerprint density at radius 3 is 2.45 bits per heavy atom. The van der Waals surface area contributed by atoms with Gasteiger partial charge in [0.2, 0.25) is 27.7 Å². The van der Waals surface area contributed by atoms with E-state index in [1.165, 1.54) is 17.9 Å². The highest BCUT2D eigenvalue weighted by atomic mass is 32.2. The third kappa shape index (κ3) is 10.1. The molecular weight excluding hydrogens is 856 g/mol. The van der Waals surface area contributed by atoms with E-state index in [9.17, 15) is 22.8 Å². The Morgan fingerprint density at radius 1 is 1.03 bits per heavy atom. The van der Waals surface area contributed by atoms with E-state index in [4.69, 9.17) is 19.2 Å². The minimum atomic E-state index is -4.08. The number of pyridine rings is 1. The van der Waals surface area contributed by atoms with Gasteiger partial charge < -0.3 is 34.6 Å². The second-order valence-corrected chi connectivity index (χ2v) is 22.3. The van der Waals surface area contributed by atoms with Gasteiger partial charge in [-0.1, -0.05) is 57.2 Å². The highest BCUT2D eigenvalue weighted by Gasteiger charge is 2.54. The average Bonchev–Trinajstić information content (AvgIpc) is 4.18. The fourth-order valence-electron chi connectivity index (χ4n) is 10.1. The molecule has 9 atom stereocenters. The van der Waals surface area contributed by atoms with Crippen LogP contribution in [0.15, 0.2) is 36.9 Å². The Kier molecular flexibility index (Phi) is 13.7. The van der Waals surface area contributed by atoms with Crippen LogP contribution < -0.4 is 24.8 Å². The molecule has 15 nitrogen and oxygen atoms in total. The van der Waals surface area contributed by atoms with E-state index in [0.29, 0.717) is 61.9 Å². The van der Waals surface area contributed by atoms with Crippen LogP contribution >= 0.6 is 0 Å². The zero-order valence-electron chi connectivity index (χ0n) is 38.3. The van der Waals surface area contributed by atoms with E-state index in [-0.39, 0.29) is 43.3 Å². The number of benzene rings is 1. The maximum atomic E-state index is 15.7. The maximum Gasteiger partial charge on any atom is 0.408 e. The SMILES string of the molecule is C=CC(C)C(C)(NC(=O)C1CC2CN1C(=O)C(C1CCCCC1)NC(=O)OC1CC1CCCCCc1c(nc3ccccc3c1OC1CCN(C)CC1F)O2)C(=O)NS(=O)(=O)C1(C)CC1. The number of para-hydroxylation sites is 1. The lowest BCUT2D eigenvalue weighted by atomic mass is 9.83. The molecule has 3 N–H and O–H groups in total. The van der Waals surface area contributed by atoms with E-state index in [1.807, 2.05) is 36.2 Å². The van der Waals surface area contributed by atoms with Gasteiger partial charge in [0.25, 0.3) is 5.91 Å². The minimum absolute atomic E-state index is 0.0225. The second-order valence-electron chi connectivity index (χ2n) is 20.1. The number of fused-ring (bicyclic) bond motifs is 5. The van der Waals surface area contributed by atoms with Gasteiger partial charge in [-0.05, 0) is 103 Å². The van der Waals surface area contributed by atoms with Crippen LogP contribution in [0.25, 0.3) is 10.9 Å². The second kappa shape index (κ2) is 19.0. The quantitative estimate of drug-likeness (QED) is 0.242. The molecule has 6 aliphatic rings. The molecule has 2 saturated heterocycles. The van der Waals surface area contributed by atoms with Crippen molar-refractivity contribution in [3.8, 4) is 11.6 Å². The number of carbonyl (C=O) groups is 4. The summed E-state index contributed by atoms with van der Waals surface area (Å²) in [6, 6.07) is 5.31. The van der Waals surface area contributed by atoms with Gasteiger partial charge in [-0.15, -0.1) is 6.58 Å². The van der Waals surface area contributed by atoms with E-state index in [1.54, 1.807) is 13.8 Å². The summed E-state index contributed by atoms with van der Waals surface area (Å²) in [4.78, 5) is 66.1. The Morgan fingerprint density at radius 2 is 1.74 bits per heavy atom. The zero-order chi connectivity index (χ0) is 46.3. The predicted molar refractivity (Wildman–Crippen MR) is 242 cm³/mol. The standard InChI is InChI=1S/C48H67FN6O9S/c1-6-29(2)48(4,45(58)53-65(60,61)47(3)22-23-47)52-42(56)37-26-32-27-55(37)44(57)40(30-15-9-7-10-16-30)51-46(59)64-39-25-31(39)17-11-8-12-19-34-41(63-38-21-24-54(5)28-35(38)49)33-18-13-14-20-36(33)50-43(34)62-32/h6,13-14,18,20,29-32,35,37-40H,1,7-12,15-17,19,21-28H2,2-5H3,(H,51,59)(H,52,56)(H,53,58). The highest BCUT2D eigenvalue weighted by Crippen LogP contribution is 2.43. The van der Waals surface area contributed by atoms with Crippen LogP contribution in [0.4, 0.5) is 9.18 Å². The molecule has 356 valence electrons. The number of nitrogens with zero attached hydrogens (tertiary/aromatic N) is 3. The Hall–Kier alpha value is -4.51. The van der Waals surface area contributed by atoms with Gasteiger partial charge in [0.15, 0.2) is 0 Å². The molecule has 9 unspecified atom stereocenters. The number of alkyl halides is 1. The topological polar surface area (TPSA) is 186 Å². The molecule has 65 heavy (non-hydrogen) atoms. The zero-order valence-corrected chi connectivity index (χ0v) is 39.1. The van der Waals surface area contributed by atoms with Crippen LogP contribution in [-0.4, -0.2) is 121 Å². The number of likely N-dealkylation sites (tertiary alicyclic amines) is 1. The van der Waals surface area contributed by atoms with Crippen molar-refractivity contribution in [1.29, 1.82) is 0 Å². The molecule has 1 aromatic heterocycles. The number of piperidine rings is 1. The number of rotatable bonds is 10. The summed E-state index contributed by atoms with van der Waals surface area (Å²) < 4.78 is 62.9. The number of aromatic nitrogens is 1. The number of halogens is 1. The molecular formula is C48H67FN6O9S. The molecule has 8 rings (SSSR count). The monoisotopic (exact) mass is 922 g/mol. The van der Waals surface area contributed by atoms with Crippen LogP contribution in [-0.2, 0) is 35.6 Å². The molecule has 3 aliphatic heterocycles. The first-order valence-corrected chi connectivity index (χ1v) is 25.3. The third-order valence-electron chi connectivity index (χ3n) is 15.2. The van der Waals surface area contributed by atoms with Crippen molar-refractivity contribution in [3.63, 3.8) is 0 Å². The molecule has 2 aromatic rings. The maximum absolute atomic E-state index is 15.7. The van der Waals surface area contributed by atoms with Gasteiger partial charge in [0.05, 0.1) is 22.4 Å². The van der Waals surface area contributed by atoms with Crippen LogP contribution in [0.5, 0.6) is 11.6 Å². The Bertz CT molecular complexity index is 2250. The van der Waals surface area contributed by atoms with Crippen molar-refractivity contribution in [2.24, 2.45) is 17.8 Å². The fraction of sp³-hybridized carbons (Fsp3) is 0.688. The lowest BCUT2D eigenvalue weighted by Crippen LogP contribution is -2.64. The van der Waals surface area contributed by atoms with Crippen molar-refractivity contribution < 1.29 is 46.2 Å². The van der Waals surface area contributed by atoms with Crippen molar-refractivity contribution in [2.75, 3.05) is 26.7 Å². The van der Waals surface area contributed by atoms with E-state index in [2.05, 4.69) is 21.9 Å². The first kappa shape index (κ1) is 47.0. The first-order chi connectivity index (χ1) is 31.0. The fourth-order valence-corrected chi connectivity index (χ4v) is 11.5. The predicted octanol–water partition coefficient (Wildman–Crippen LogP) is 5.88. The smallest absolute Gasteiger partial charge is 0.408 e. The first-order valence-electron chi connectivity index (χ1n) is 23.9. The molecule has 1 aromatic carbocycles. The lowest BCUT2D eigenvalue weighted by molar-refractivity contribution is -0.143. The van der Waals surface area contributed by atoms with Crippen molar-refractivity contribution >= 4 is 44.7 Å². The highest BCUT2D eigenvalue weighted by molar-refractivity contribution is 7.91. The Labute approximate surface area is 382 Å². The molecule has 3 saturated carbocycles. The molecule has 0 spiro atoms. The van der Waals surface area contributed by atoms with Gasteiger partial charge in [-0.2, -0.15) is 0 Å². The summed E-state index contributed by atoms with van der Waals surface area (Å²) in [5.41, 5.74) is -0.525. The van der Waals surface area contributed by atoms with Gasteiger partial charge >= 0.3 is 6.09 Å². The summed E-state index contributed by atoms with van der Waals surface area (Å²) in [5, 5.41) is 6.53. The number of carbonyl (C=O) groups excluding carboxylic acids is 4. The van der Waals surface area contributed by atoms with Gasteiger partial charge in [-0.3, -0.25) is 19.1 Å². The molecule has 4 amide bonds. The van der Waals surface area contributed by atoms with Gasteiger partial charge in [0, 0.05) is 30.8 Å². The summed E-state index contributed by atoms with van der Waals surface area (Å²) in [5.74, 6) is -2.06. The normalized spacial score (nSPS) is 30.4. The van der Waals surface area contributed by atoms with E-state index < -0.39 is 80.5 Å². The van der Waals surface area contributed by atoms with Crippen LogP contribution in [0.2, 0.25) is 0 Å². The summed E-state index contributed by atoms with van der Waals surface area (Å²) in [6.45, 7) is 9.38. The number of amides is 4. The molecule has 2 bridgehead atoms. The molecule has 0 radical (unpaired) electrons. The largest absolute Gasteiger partial charge is 0.486 e. The van der Waals surface area contributed by atoms with E-state index in [0.717, 1.165) is 56.8 Å². The van der Waals surface area contributed by atoms with Crippen LogP contribution in [0.1, 0.15) is 116 Å². The van der Waals surface area contributed by atoms with Crippen LogP contribution in [0, 0.1) is 17.8 Å². The summed E-state index contributed by atoms with van der Waals surface area (Å²) >= 11 is 0. The average molecular weight is 923 g/mol. The van der Waals surface area contributed by atoms with Crippen LogP contribution in [0.3, 0.4) is 0 Å². The van der Waals surface area contributed by atoms with Gasteiger partial charge in [0.1, 0.15) is 47.9 Å². The number of nitrogens with one attached hydrogen (secondary N) is 3. The minimum Gasteiger partial charge on any atom is -0.486 e. The summed E-state index contributed by atoms with van der Waals surface area (Å²) in [6.07, 6.45) is 7.93. The molecule has 4 heterocycles. The number of sulfonamides is 1. The third-order valence-corrected chi connectivity index (χ3v) is 17.4. The Balaban J connectivity index is 1.17.